The number of anilines is 1. The number of aryl methyl sites for hydroxylation is 1. The van der Waals surface area contributed by atoms with E-state index in [1.807, 2.05) is 17.6 Å². The molecule has 144 valence electrons. The van der Waals surface area contributed by atoms with Crippen molar-refractivity contribution < 1.29 is 4.39 Å². The molecule has 0 aliphatic carbocycles. The fraction of sp³-hybridized carbons (Fsp3) is 0.368. The molecule has 0 amide bonds. The van der Waals surface area contributed by atoms with Crippen LogP contribution >= 0.6 is 0 Å². The van der Waals surface area contributed by atoms with Crippen LogP contribution in [0.2, 0.25) is 0 Å². The van der Waals surface area contributed by atoms with Gasteiger partial charge in [-0.25, -0.2) is 14.1 Å². The summed E-state index contributed by atoms with van der Waals surface area (Å²) in [7, 11) is 0. The zero-order valence-corrected chi connectivity index (χ0v) is 15.5. The molecule has 1 aliphatic rings. The van der Waals surface area contributed by atoms with Crippen molar-refractivity contribution in [2.45, 2.75) is 20.0 Å². The third-order valence-corrected chi connectivity index (χ3v) is 4.99. The molecule has 0 saturated carbocycles. The molecule has 3 heterocycles. The van der Waals surface area contributed by atoms with E-state index in [4.69, 9.17) is 0 Å². The number of rotatable bonds is 4. The van der Waals surface area contributed by atoms with E-state index in [1.165, 1.54) is 29.1 Å². The molecular formula is C19H20FN7O. The monoisotopic (exact) mass is 381 g/mol. The average Bonchev–Trinajstić information content (AvgIpc) is 3.11. The van der Waals surface area contributed by atoms with E-state index in [-0.39, 0.29) is 23.2 Å². The Morgan fingerprint density at radius 3 is 2.82 bits per heavy atom. The van der Waals surface area contributed by atoms with E-state index in [0.717, 1.165) is 32.1 Å². The van der Waals surface area contributed by atoms with Crippen LogP contribution in [-0.4, -0.2) is 45.5 Å². The third kappa shape index (κ3) is 3.01. The Hall–Kier alpha value is -3.25. The minimum atomic E-state index is -0.529. The number of hydrogen-bond donors (Lipinski definition) is 1. The van der Waals surface area contributed by atoms with Crippen LogP contribution in [0, 0.1) is 17.1 Å². The Bertz CT molecular complexity index is 1120. The number of imidazole rings is 1. The molecule has 4 rings (SSSR count). The Labute approximate surface area is 160 Å². The van der Waals surface area contributed by atoms with Gasteiger partial charge in [-0.05, 0) is 19.1 Å². The average molecular weight is 381 g/mol. The highest BCUT2D eigenvalue weighted by Crippen LogP contribution is 2.21. The van der Waals surface area contributed by atoms with Gasteiger partial charge in [0.05, 0.1) is 24.4 Å². The van der Waals surface area contributed by atoms with E-state index in [2.05, 4.69) is 20.3 Å². The normalized spacial score (nSPS) is 14.4. The maximum absolute atomic E-state index is 14.2. The highest BCUT2D eigenvalue weighted by Gasteiger charge is 2.21. The Morgan fingerprint density at radius 1 is 1.32 bits per heavy atom. The molecule has 9 heteroatoms. The first kappa shape index (κ1) is 18.1. The molecule has 28 heavy (non-hydrogen) atoms. The molecule has 1 N–H and O–H groups in total. The van der Waals surface area contributed by atoms with Gasteiger partial charge in [-0.1, -0.05) is 6.07 Å². The fourth-order valence-corrected chi connectivity index (χ4v) is 3.57. The minimum Gasteiger partial charge on any atom is -0.340 e. The number of aromatic nitrogens is 4. The molecule has 1 aromatic carbocycles. The van der Waals surface area contributed by atoms with Crippen LogP contribution in [0.1, 0.15) is 18.1 Å². The summed E-state index contributed by atoms with van der Waals surface area (Å²) in [6, 6.07) is 6.25. The predicted octanol–water partition coefficient (Wildman–Crippen LogP) is 1.08. The van der Waals surface area contributed by atoms with Gasteiger partial charge in [-0.3, -0.25) is 4.79 Å². The smallest absolute Gasteiger partial charge is 0.293 e. The summed E-state index contributed by atoms with van der Waals surface area (Å²) in [5.41, 5.74) is 0.968. The second-order valence-electron chi connectivity index (χ2n) is 6.61. The van der Waals surface area contributed by atoms with Crippen LogP contribution in [0.4, 0.5) is 10.3 Å². The number of piperazine rings is 1. The summed E-state index contributed by atoms with van der Waals surface area (Å²) in [4.78, 5) is 19.9. The quantitative estimate of drug-likeness (QED) is 0.727. The van der Waals surface area contributed by atoms with Crippen molar-refractivity contribution in [1.82, 2.24) is 24.6 Å². The molecule has 8 nitrogen and oxygen atoms in total. The van der Waals surface area contributed by atoms with Crippen molar-refractivity contribution in [2.75, 3.05) is 31.1 Å². The van der Waals surface area contributed by atoms with Crippen molar-refractivity contribution in [3.63, 3.8) is 0 Å². The lowest BCUT2D eigenvalue weighted by molar-refractivity contribution is 0.566. The van der Waals surface area contributed by atoms with E-state index in [0.29, 0.717) is 17.6 Å². The van der Waals surface area contributed by atoms with Crippen molar-refractivity contribution in [3.05, 3.63) is 51.7 Å². The summed E-state index contributed by atoms with van der Waals surface area (Å²) in [5, 5.41) is 16.7. The second-order valence-corrected chi connectivity index (χ2v) is 6.61. The largest absolute Gasteiger partial charge is 0.340 e. The zero-order valence-electron chi connectivity index (χ0n) is 15.5. The first-order valence-electron chi connectivity index (χ1n) is 9.23. The van der Waals surface area contributed by atoms with Crippen molar-refractivity contribution in [2.24, 2.45) is 0 Å². The second kappa shape index (κ2) is 7.40. The van der Waals surface area contributed by atoms with E-state index < -0.39 is 5.82 Å². The predicted molar refractivity (Wildman–Crippen MR) is 103 cm³/mol. The molecule has 1 aliphatic heterocycles. The molecule has 0 bridgehead atoms. The highest BCUT2D eigenvalue weighted by molar-refractivity contribution is 5.77. The number of benzene rings is 1. The van der Waals surface area contributed by atoms with Crippen LogP contribution < -0.4 is 15.8 Å². The standard InChI is InChI=1S/C19H20FN7O/c1-2-26-17-16(24-19(26)25-8-6-22-7-9-25)11-23-27(18(17)28)12-14-13(10-21)4-3-5-15(14)20/h3-5,11,22H,2,6-9,12H2,1H3. The molecule has 0 radical (unpaired) electrons. The van der Waals surface area contributed by atoms with Gasteiger partial charge in [0, 0.05) is 38.3 Å². The van der Waals surface area contributed by atoms with Gasteiger partial charge in [-0.2, -0.15) is 10.4 Å². The van der Waals surface area contributed by atoms with Crippen LogP contribution in [0.25, 0.3) is 11.0 Å². The van der Waals surface area contributed by atoms with E-state index in [9.17, 15) is 14.4 Å². The summed E-state index contributed by atoms with van der Waals surface area (Å²) < 4.78 is 17.3. The van der Waals surface area contributed by atoms with Crippen LogP contribution in [-0.2, 0) is 13.1 Å². The van der Waals surface area contributed by atoms with Gasteiger partial charge in [0.15, 0.2) is 0 Å². The Balaban J connectivity index is 1.81. The van der Waals surface area contributed by atoms with Gasteiger partial charge in [0.1, 0.15) is 16.9 Å². The summed E-state index contributed by atoms with van der Waals surface area (Å²) >= 11 is 0. The molecule has 2 aromatic heterocycles. The van der Waals surface area contributed by atoms with Crippen LogP contribution in [0.5, 0.6) is 0 Å². The fourth-order valence-electron chi connectivity index (χ4n) is 3.57. The summed E-state index contributed by atoms with van der Waals surface area (Å²) in [5.74, 6) is 0.220. The summed E-state index contributed by atoms with van der Waals surface area (Å²) in [6.07, 6.45) is 1.53. The number of nitrogens with zero attached hydrogens (tertiary/aromatic N) is 6. The van der Waals surface area contributed by atoms with Crippen molar-refractivity contribution in [3.8, 4) is 6.07 Å². The SMILES string of the molecule is CCn1c(N2CCNCC2)nc2cnn(Cc3c(F)cccc3C#N)c(=O)c21. The first-order valence-corrected chi connectivity index (χ1v) is 9.23. The van der Waals surface area contributed by atoms with E-state index in [1.54, 1.807) is 0 Å². The Morgan fingerprint density at radius 2 is 2.11 bits per heavy atom. The lowest BCUT2D eigenvalue weighted by Crippen LogP contribution is -2.44. The molecule has 0 atom stereocenters. The van der Waals surface area contributed by atoms with Crippen LogP contribution in [0.15, 0.2) is 29.2 Å². The van der Waals surface area contributed by atoms with Crippen LogP contribution in [0.3, 0.4) is 0 Å². The molecule has 3 aromatic rings. The molecule has 1 fully saturated rings. The third-order valence-electron chi connectivity index (χ3n) is 4.99. The number of nitrogens with one attached hydrogen (secondary N) is 1. The first-order chi connectivity index (χ1) is 13.6. The Kier molecular flexibility index (Phi) is 4.79. The van der Waals surface area contributed by atoms with Crippen molar-refractivity contribution >= 4 is 17.0 Å². The zero-order chi connectivity index (χ0) is 19.7. The highest BCUT2D eigenvalue weighted by atomic mass is 19.1. The summed E-state index contributed by atoms with van der Waals surface area (Å²) in [6.45, 7) is 5.78. The number of fused-ring (bicyclic) bond motifs is 1. The van der Waals surface area contributed by atoms with Gasteiger partial charge >= 0.3 is 0 Å². The lowest BCUT2D eigenvalue weighted by Gasteiger charge is -2.28. The van der Waals surface area contributed by atoms with Gasteiger partial charge in [0.2, 0.25) is 5.95 Å². The van der Waals surface area contributed by atoms with Gasteiger partial charge < -0.3 is 14.8 Å². The van der Waals surface area contributed by atoms with Gasteiger partial charge in [-0.15, -0.1) is 0 Å². The molecule has 0 spiro atoms. The lowest BCUT2D eigenvalue weighted by atomic mass is 10.1. The van der Waals surface area contributed by atoms with Gasteiger partial charge in [0.25, 0.3) is 5.56 Å². The maximum atomic E-state index is 14.2. The number of halogens is 1. The number of nitriles is 1. The topological polar surface area (TPSA) is 91.8 Å². The minimum absolute atomic E-state index is 0.109. The maximum Gasteiger partial charge on any atom is 0.293 e. The molecule has 1 saturated heterocycles. The van der Waals surface area contributed by atoms with E-state index >= 15 is 0 Å². The number of hydrogen-bond acceptors (Lipinski definition) is 6. The van der Waals surface area contributed by atoms with Crippen molar-refractivity contribution in [1.29, 1.82) is 5.26 Å². The molecule has 0 unspecified atom stereocenters. The molecular weight excluding hydrogens is 361 g/mol.